The van der Waals surface area contributed by atoms with Gasteiger partial charge in [-0.2, -0.15) is 0 Å². The predicted octanol–water partition coefficient (Wildman–Crippen LogP) is 3.36. The second kappa shape index (κ2) is 6.26. The maximum absolute atomic E-state index is 4.64. The summed E-state index contributed by atoms with van der Waals surface area (Å²) >= 11 is 1.79. The van der Waals surface area contributed by atoms with Gasteiger partial charge in [-0.15, -0.1) is 11.3 Å². The monoisotopic (exact) mass is 275 g/mol. The maximum Gasteiger partial charge on any atom is 0.0950 e. The molecule has 0 aromatic carbocycles. The molecule has 4 heteroatoms. The van der Waals surface area contributed by atoms with Crippen LogP contribution in [0.4, 0.5) is 0 Å². The van der Waals surface area contributed by atoms with Gasteiger partial charge >= 0.3 is 0 Å². The van der Waals surface area contributed by atoms with Gasteiger partial charge in [-0.25, -0.2) is 4.98 Å². The first-order valence-corrected chi connectivity index (χ1v) is 7.51. The van der Waals surface area contributed by atoms with Crippen LogP contribution < -0.4 is 5.32 Å². The quantitative estimate of drug-likeness (QED) is 0.909. The number of nitrogens with one attached hydrogen (secondary N) is 1. The summed E-state index contributed by atoms with van der Waals surface area (Å²) in [5, 5.41) is 4.71. The molecule has 0 saturated carbocycles. The number of nitrogens with zero attached hydrogens (tertiary/aromatic N) is 2. The molecule has 0 aliphatic heterocycles. The Balaban J connectivity index is 2.23. The number of aromatic nitrogens is 2. The van der Waals surface area contributed by atoms with E-state index < -0.39 is 0 Å². The minimum absolute atomic E-state index is 0.246. The van der Waals surface area contributed by atoms with Crippen molar-refractivity contribution in [2.45, 2.75) is 40.2 Å². The third-order valence-electron chi connectivity index (χ3n) is 3.28. The van der Waals surface area contributed by atoms with Crippen LogP contribution in [0.3, 0.4) is 0 Å². The topological polar surface area (TPSA) is 37.8 Å². The molecule has 0 amide bonds. The Hall–Kier alpha value is -1.26. The third-order valence-corrected chi connectivity index (χ3v) is 4.38. The minimum atomic E-state index is 0.246. The van der Waals surface area contributed by atoms with E-state index in [2.05, 4.69) is 49.0 Å². The predicted molar refractivity (Wildman–Crippen MR) is 80.7 cm³/mol. The number of aryl methyl sites for hydroxylation is 3. The largest absolute Gasteiger partial charge is 0.309 e. The minimum Gasteiger partial charge on any atom is -0.309 e. The van der Waals surface area contributed by atoms with Crippen molar-refractivity contribution < 1.29 is 0 Å². The van der Waals surface area contributed by atoms with Gasteiger partial charge in [0.25, 0.3) is 0 Å². The molecule has 1 N–H and O–H groups in total. The molecule has 2 rings (SSSR count). The van der Waals surface area contributed by atoms with Crippen LogP contribution in [0.25, 0.3) is 0 Å². The first kappa shape index (κ1) is 14.2. The van der Waals surface area contributed by atoms with Gasteiger partial charge in [-0.3, -0.25) is 4.98 Å². The highest BCUT2D eigenvalue weighted by Crippen LogP contribution is 2.24. The summed E-state index contributed by atoms with van der Waals surface area (Å²) in [5.41, 5.74) is 3.52. The van der Waals surface area contributed by atoms with E-state index in [1.807, 2.05) is 12.3 Å². The zero-order chi connectivity index (χ0) is 13.8. The molecule has 0 aliphatic carbocycles. The number of thiazole rings is 1. The third kappa shape index (κ3) is 3.39. The standard InChI is InChI=1S/C15H21N3S/c1-5-16-13(15-10(2)7-6-8-17-15)9-14-18-11(3)12(4)19-14/h6-8,13,16H,5,9H2,1-4H3. The highest BCUT2D eigenvalue weighted by atomic mass is 32.1. The van der Waals surface area contributed by atoms with Gasteiger partial charge in [0.2, 0.25) is 0 Å². The first-order valence-electron chi connectivity index (χ1n) is 6.69. The molecule has 2 heterocycles. The van der Waals surface area contributed by atoms with Crippen molar-refractivity contribution in [2.75, 3.05) is 6.54 Å². The second-order valence-corrected chi connectivity index (χ2v) is 6.06. The Bertz CT molecular complexity index is 529. The highest BCUT2D eigenvalue weighted by molar-refractivity contribution is 7.11. The molecule has 0 bridgehead atoms. The van der Waals surface area contributed by atoms with Crippen LogP contribution in [0.2, 0.25) is 0 Å². The fourth-order valence-electron chi connectivity index (χ4n) is 2.18. The second-order valence-electron chi connectivity index (χ2n) is 4.77. The van der Waals surface area contributed by atoms with Gasteiger partial charge in [-0.1, -0.05) is 13.0 Å². The molecular weight excluding hydrogens is 254 g/mol. The van der Waals surface area contributed by atoms with Crippen molar-refractivity contribution in [3.8, 4) is 0 Å². The molecule has 102 valence electrons. The lowest BCUT2D eigenvalue weighted by Gasteiger charge is -2.18. The van der Waals surface area contributed by atoms with Gasteiger partial charge in [0.15, 0.2) is 0 Å². The van der Waals surface area contributed by atoms with Gasteiger partial charge in [0.05, 0.1) is 22.4 Å². The first-order chi connectivity index (χ1) is 9.11. The van der Waals surface area contributed by atoms with Crippen LogP contribution in [-0.4, -0.2) is 16.5 Å². The van der Waals surface area contributed by atoms with E-state index >= 15 is 0 Å². The molecule has 2 aromatic rings. The van der Waals surface area contributed by atoms with Crippen molar-refractivity contribution in [1.82, 2.24) is 15.3 Å². The van der Waals surface area contributed by atoms with Gasteiger partial charge in [-0.05, 0) is 38.9 Å². The molecule has 0 radical (unpaired) electrons. The zero-order valence-electron chi connectivity index (χ0n) is 12.0. The molecule has 19 heavy (non-hydrogen) atoms. The van der Waals surface area contributed by atoms with Crippen molar-refractivity contribution >= 4 is 11.3 Å². The average molecular weight is 275 g/mol. The van der Waals surface area contributed by atoms with E-state index in [1.54, 1.807) is 11.3 Å². The molecule has 0 fully saturated rings. The Labute approximate surface area is 119 Å². The Kier molecular flexibility index (Phi) is 4.66. The molecule has 0 saturated heterocycles. The van der Waals surface area contributed by atoms with Crippen LogP contribution in [0, 0.1) is 20.8 Å². The van der Waals surface area contributed by atoms with Crippen molar-refractivity contribution in [1.29, 1.82) is 0 Å². The number of pyridine rings is 1. The van der Waals surface area contributed by atoms with Crippen LogP contribution in [0.1, 0.15) is 39.8 Å². The van der Waals surface area contributed by atoms with Crippen molar-refractivity contribution in [2.24, 2.45) is 0 Å². The number of rotatable bonds is 5. The maximum atomic E-state index is 4.64. The summed E-state index contributed by atoms with van der Waals surface area (Å²) in [6.45, 7) is 9.38. The Morgan fingerprint density at radius 3 is 2.68 bits per heavy atom. The number of hydrogen-bond acceptors (Lipinski definition) is 4. The fourth-order valence-corrected chi connectivity index (χ4v) is 3.16. The van der Waals surface area contributed by atoms with E-state index in [4.69, 9.17) is 0 Å². The van der Waals surface area contributed by atoms with E-state index in [0.29, 0.717) is 0 Å². The van der Waals surface area contributed by atoms with Crippen molar-refractivity contribution in [3.63, 3.8) is 0 Å². The molecule has 2 aromatic heterocycles. The van der Waals surface area contributed by atoms with E-state index in [1.165, 1.54) is 15.4 Å². The lowest BCUT2D eigenvalue weighted by Crippen LogP contribution is -2.24. The number of hydrogen-bond donors (Lipinski definition) is 1. The molecule has 3 nitrogen and oxygen atoms in total. The Morgan fingerprint density at radius 1 is 1.32 bits per heavy atom. The van der Waals surface area contributed by atoms with Crippen LogP contribution in [0.15, 0.2) is 18.3 Å². The van der Waals surface area contributed by atoms with Crippen molar-refractivity contribution in [3.05, 3.63) is 45.2 Å². The van der Waals surface area contributed by atoms with E-state index in [9.17, 15) is 0 Å². The number of likely N-dealkylation sites (N-methyl/N-ethyl adjacent to an activating group) is 1. The van der Waals surface area contributed by atoms with Crippen LogP contribution >= 0.6 is 11.3 Å². The summed E-state index contributed by atoms with van der Waals surface area (Å²) in [5.74, 6) is 0. The average Bonchev–Trinajstić information content (AvgIpc) is 2.68. The molecule has 1 atom stereocenters. The normalized spacial score (nSPS) is 12.6. The summed E-state index contributed by atoms with van der Waals surface area (Å²) in [7, 11) is 0. The van der Waals surface area contributed by atoms with E-state index in [-0.39, 0.29) is 6.04 Å². The molecular formula is C15H21N3S. The molecule has 1 unspecified atom stereocenters. The summed E-state index contributed by atoms with van der Waals surface area (Å²) in [4.78, 5) is 10.5. The smallest absolute Gasteiger partial charge is 0.0950 e. The van der Waals surface area contributed by atoms with Gasteiger partial charge in [0.1, 0.15) is 0 Å². The Morgan fingerprint density at radius 2 is 2.11 bits per heavy atom. The lowest BCUT2D eigenvalue weighted by molar-refractivity contribution is 0.532. The summed E-state index contributed by atoms with van der Waals surface area (Å²) < 4.78 is 0. The summed E-state index contributed by atoms with van der Waals surface area (Å²) in [6.07, 6.45) is 2.77. The van der Waals surface area contributed by atoms with Crippen LogP contribution in [-0.2, 0) is 6.42 Å². The lowest BCUT2D eigenvalue weighted by atomic mass is 10.1. The van der Waals surface area contributed by atoms with E-state index in [0.717, 1.165) is 24.4 Å². The molecule has 0 spiro atoms. The fraction of sp³-hybridized carbons (Fsp3) is 0.467. The zero-order valence-corrected chi connectivity index (χ0v) is 12.8. The molecule has 0 aliphatic rings. The van der Waals surface area contributed by atoms with Crippen LogP contribution in [0.5, 0.6) is 0 Å². The van der Waals surface area contributed by atoms with Gasteiger partial charge < -0.3 is 5.32 Å². The SMILES string of the molecule is CCNC(Cc1nc(C)c(C)s1)c1ncccc1C. The highest BCUT2D eigenvalue weighted by Gasteiger charge is 2.17. The summed E-state index contributed by atoms with van der Waals surface area (Å²) in [6, 6.07) is 4.35. The van der Waals surface area contributed by atoms with Gasteiger partial charge in [0, 0.05) is 17.5 Å².